The smallest absolute Gasteiger partial charge is 0.216 e. The van der Waals surface area contributed by atoms with Gasteiger partial charge in [0.2, 0.25) is 4.77 Å². The van der Waals surface area contributed by atoms with Gasteiger partial charge in [0.25, 0.3) is 0 Å². The third-order valence-electron chi connectivity index (χ3n) is 4.02. The maximum absolute atomic E-state index is 6.11. The van der Waals surface area contributed by atoms with Crippen LogP contribution in [0.4, 0.5) is 0 Å². The van der Waals surface area contributed by atoms with Gasteiger partial charge in [0, 0.05) is 6.21 Å². The van der Waals surface area contributed by atoms with E-state index in [4.69, 9.17) is 40.2 Å². The minimum Gasteiger partial charge on any atom is -0.482 e. The quantitative estimate of drug-likeness (QED) is 0.566. The molecule has 0 spiro atoms. The predicted octanol–water partition coefficient (Wildman–Crippen LogP) is 5.24. The number of H-pyrrole nitrogens is 1. The number of halogens is 2. The molecule has 5 nitrogen and oxygen atoms in total. The highest BCUT2D eigenvalue weighted by molar-refractivity contribution is 7.71. The van der Waals surface area contributed by atoms with Crippen molar-refractivity contribution in [2.24, 2.45) is 11.0 Å². The number of nitrogens with one attached hydrogen (secondary N) is 1. The number of rotatable bonds is 5. The van der Waals surface area contributed by atoms with Crippen molar-refractivity contribution in [3.8, 4) is 5.75 Å². The Balaban J connectivity index is 1.73. The van der Waals surface area contributed by atoms with E-state index < -0.39 is 0 Å². The highest BCUT2D eigenvalue weighted by atomic mass is 35.5. The van der Waals surface area contributed by atoms with Crippen LogP contribution in [-0.2, 0) is 6.61 Å². The molecule has 3 rings (SSSR count). The summed E-state index contributed by atoms with van der Waals surface area (Å²) >= 11 is 17.5. The second-order valence-electron chi connectivity index (χ2n) is 5.76. The summed E-state index contributed by atoms with van der Waals surface area (Å²) < 4.78 is 7.74. The van der Waals surface area contributed by atoms with E-state index in [1.165, 1.54) is 32.1 Å². The number of para-hydroxylation sites is 1. The Labute approximate surface area is 155 Å². The number of aromatic amines is 1. The van der Waals surface area contributed by atoms with Crippen LogP contribution < -0.4 is 4.74 Å². The van der Waals surface area contributed by atoms with Gasteiger partial charge < -0.3 is 4.74 Å². The van der Waals surface area contributed by atoms with Crippen LogP contribution in [0.2, 0.25) is 10.0 Å². The summed E-state index contributed by atoms with van der Waals surface area (Å²) in [7, 11) is 0. The first-order valence-electron chi connectivity index (χ1n) is 7.92. The van der Waals surface area contributed by atoms with Gasteiger partial charge in [-0.05, 0) is 43.1 Å². The van der Waals surface area contributed by atoms with E-state index in [2.05, 4.69) is 15.3 Å². The molecule has 1 aliphatic carbocycles. The van der Waals surface area contributed by atoms with Crippen molar-refractivity contribution < 1.29 is 4.74 Å². The fourth-order valence-corrected chi connectivity index (χ4v) is 3.44. The van der Waals surface area contributed by atoms with Crippen LogP contribution in [-0.4, -0.2) is 21.1 Å². The average molecular weight is 385 g/mol. The van der Waals surface area contributed by atoms with Gasteiger partial charge in [0.15, 0.2) is 11.6 Å². The molecule has 0 radical (unpaired) electrons. The molecule has 0 atom stereocenters. The zero-order chi connectivity index (χ0) is 16.9. The van der Waals surface area contributed by atoms with Gasteiger partial charge >= 0.3 is 0 Å². The third-order valence-corrected chi connectivity index (χ3v) is 4.88. The number of nitrogens with zero attached hydrogens (tertiary/aromatic N) is 3. The molecular formula is C16H18Cl2N4OS. The van der Waals surface area contributed by atoms with Crippen LogP contribution in [0.1, 0.15) is 37.9 Å². The number of hydrogen-bond acceptors (Lipinski definition) is 4. The molecule has 2 aromatic rings. The Kier molecular flexibility index (Phi) is 5.92. The van der Waals surface area contributed by atoms with E-state index >= 15 is 0 Å². The van der Waals surface area contributed by atoms with E-state index in [1.54, 1.807) is 22.9 Å². The minimum atomic E-state index is 0.165. The Bertz CT molecular complexity index is 760. The lowest BCUT2D eigenvalue weighted by Gasteiger charge is -2.16. The lowest BCUT2D eigenvalue weighted by molar-refractivity contribution is 0.291. The van der Waals surface area contributed by atoms with Crippen molar-refractivity contribution in [3.63, 3.8) is 0 Å². The normalized spacial score (nSPS) is 15.9. The molecule has 8 heteroatoms. The Morgan fingerprint density at radius 1 is 1.29 bits per heavy atom. The largest absolute Gasteiger partial charge is 0.482 e. The zero-order valence-electron chi connectivity index (χ0n) is 13.0. The van der Waals surface area contributed by atoms with Gasteiger partial charge in [-0.3, -0.25) is 0 Å². The summed E-state index contributed by atoms with van der Waals surface area (Å²) in [6.07, 6.45) is 8.15. The van der Waals surface area contributed by atoms with Gasteiger partial charge in [-0.25, -0.2) is 5.10 Å². The van der Waals surface area contributed by atoms with Crippen LogP contribution in [0, 0.1) is 10.7 Å². The second kappa shape index (κ2) is 8.14. The lowest BCUT2D eigenvalue weighted by Crippen LogP contribution is -2.10. The summed E-state index contributed by atoms with van der Waals surface area (Å²) in [4.78, 5) is 0. The molecule has 1 N–H and O–H groups in total. The molecule has 0 aliphatic heterocycles. The van der Waals surface area contributed by atoms with E-state index in [1.807, 2.05) is 6.21 Å². The van der Waals surface area contributed by atoms with Crippen molar-refractivity contribution in [2.45, 2.75) is 38.7 Å². The fraction of sp³-hybridized carbons (Fsp3) is 0.438. The molecule has 128 valence electrons. The molecule has 1 heterocycles. The van der Waals surface area contributed by atoms with Crippen LogP contribution in [0.25, 0.3) is 0 Å². The summed E-state index contributed by atoms with van der Waals surface area (Å²) in [6, 6.07) is 5.21. The molecule has 1 fully saturated rings. The standard InChI is InChI=1S/C16H18Cl2N4OS/c17-12-7-4-8-13(18)15(12)23-10-14-20-21-16(24)22(14)19-9-11-5-2-1-3-6-11/h4,7-9,11H,1-3,5-6,10H2,(H,21,24)/b19-9-. The van der Waals surface area contributed by atoms with Crippen LogP contribution in [0.15, 0.2) is 23.3 Å². The first-order valence-corrected chi connectivity index (χ1v) is 9.09. The Morgan fingerprint density at radius 2 is 2.00 bits per heavy atom. The van der Waals surface area contributed by atoms with Gasteiger partial charge in [-0.1, -0.05) is 48.5 Å². The molecule has 0 amide bonds. The van der Waals surface area contributed by atoms with Crippen molar-refractivity contribution >= 4 is 41.6 Å². The van der Waals surface area contributed by atoms with Crippen LogP contribution >= 0.6 is 35.4 Å². The van der Waals surface area contributed by atoms with Gasteiger partial charge in [0.1, 0.15) is 6.61 Å². The highest BCUT2D eigenvalue weighted by Crippen LogP contribution is 2.32. The number of benzene rings is 1. The zero-order valence-corrected chi connectivity index (χ0v) is 15.4. The highest BCUT2D eigenvalue weighted by Gasteiger charge is 2.13. The van der Waals surface area contributed by atoms with Crippen LogP contribution in [0.3, 0.4) is 0 Å². The molecule has 1 aromatic carbocycles. The molecule has 0 unspecified atom stereocenters. The summed E-state index contributed by atoms with van der Waals surface area (Å²) in [5.74, 6) is 1.50. The Morgan fingerprint density at radius 3 is 2.71 bits per heavy atom. The van der Waals surface area contributed by atoms with Gasteiger partial charge in [-0.2, -0.15) is 14.9 Å². The molecule has 1 aliphatic rings. The summed E-state index contributed by atoms with van der Waals surface area (Å²) in [5, 5.41) is 12.3. The number of ether oxygens (including phenoxy) is 1. The van der Waals surface area contributed by atoms with E-state index in [9.17, 15) is 0 Å². The summed E-state index contributed by atoms with van der Waals surface area (Å²) in [6.45, 7) is 0.165. The molecular weight excluding hydrogens is 367 g/mol. The van der Waals surface area contributed by atoms with Crippen molar-refractivity contribution in [1.29, 1.82) is 0 Å². The second-order valence-corrected chi connectivity index (χ2v) is 6.96. The molecule has 0 saturated heterocycles. The third kappa shape index (κ3) is 4.18. The van der Waals surface area contributed by atoms with E-state index in [0.717, 1.165) is 0 Å². The van der Waals surface area contributed by atoms with Gasteiger partial charge in [0.05, 0.1) is 10.0 Å². The van der Waals surface area contributed by atoms with E-state index in [-0.39, 0.29) is 6.61 Å². The van der Waals surface area contributed by atoms with Gasteiger partial charge in [-0.15, -0.1) is 0 Å². The molecule has 1 saturated carbocycles. The van der Waals surface area contributed by atoms with Crippen molar-refractivity contribution in [3.05, 3.63) is 38.8 Å². The fourth-order valence-electron chi connectivity index (χ4n) is 2.74. The molecule has 1 aromatic heterocycles. The lowest BCUT2D eigenvalue weighted by atomic mass is 9.90. The monoisotopic (exact) mass is 384 g/mol. The predicted molar refractivity (Wildman–Crippen MR) is 98.7 cm³/mol. The first kappa shape index (κ1) is 17.5. The maximum Gasteiger partial charge on any atom is 0.216 e. The van der Waals surface area contributed by atoms with Crippen LogP contribution in [0.5, 0.6) is 5.75 Å². The van der Waals surface area contributed by atoms with E-state index in [0.29, 0.717) is 32.3 Å². The van der Waals surface area contributed by atoms with Crippen molar-refractivity contribution in [2.75, 3.05) is 0 Å². The number of aromatic nitrogens is 3. The van der Waals surface area contributed by atoms with Crippen molar-refractivity contribution in [1.82, 2.24) is 14.9 Å². The first-order chi connectivity index (χ1) is 11.6. The SMILES string of the molecule is S=c1[nH]nc(COc2c(Cl)cccc2Cl)n1/N=C\C1CCCCC1. The number of hydrogen-bond donors (Lipinski definition) is 1. The summed E-state index contributed by atoms with van der Waals surface area (Å²) in [5.41, 5.74) is 0. The Hall–Kier alpha value is -1.37. The molecule has 24 heavy (non-hydrogen) atoms. The minimum absolute atomic E-state index is 0.165. The molecule has 0 bridgehead atoms. The maximum atomic E-state index is 6.11. The topological polar surface area (TPSA) is 55.2 Å². The average Bonchev–Trinajstić information content (AvgIpc) is 2.93.